The molecule has 2 heterocycles. The molecule has 1 atom stereocenters. The first kappa shape index (κ1) is 13.8. The predicted molar refractivity (Wildman–Crippen MR) is 90.4 cm³/mol. The lowest BCUT2D eigenvalue weighted by Gasteiger charge is -2.28. The molecule has 116 valence electrons. The first-order chi connectivity index (χ1) is 11.2. The van der Waals surface area contributed by atoms with Crippen LogP contribution in [0.5, 0.6) is 0 Å². The summed E-state index contributed by atoms with van der Waals surface area (Å²) in [6, 6.07) is 13.8. The molecule has 0 bridgehead atoms. The summed E-state index contributed by atoms with van der Waals surface area (Å²) in [6.45, 7) is 4.89. The molecule has 0 saturated heterocycles. The van der Waals surface area contributed by atoms with Gasteiger partial charge in [-0.15, -0.1) is 0 Å². The Hall–Kier alpha value is -2.82. The smallest absolute Gasteiger partial charge is 0.255 e. The summed E-state index contributed by atoms with van der Waals surface area (Å²) >= 11 is 0. The molecule has 1 aromatic heterocycles. The lowest BCUT2D eigenvalue weighted by molar-refractivity contribution is 0.0933. The number of fused-ring (bicyclic) bond motifs is 2. The third kappa shape index (κ3) is 2.08. The molecular weight excluding hydrogens is 288 g/mol. The summed E-state index contributed by atoms with van der Waals surface area (Å²) in [4.78, 5) is 17.2. The van der Waals surface area contributed by atoms with Crippen LogP contribution in [0.25, 0.3) is 11.0 Å². The van der Waals surface area contributed by atoms with Crippen LogP contribution in [0.4, 0.5) is 5.69 Å². The van der Waals surface area contributed by atoms with Crippen LogP contribution < -0.4 is 10.6 Å². The zero-order valence-electron chi connectivity index (χ0n) is 13.1. The van der Waals surface area contributed by atoms with Crippen molar-refractivity contribution in [2.45, 2.75) is 26.6 Å². The monoisotopic (exact) mass is 306 g/mol. The summed E-state index contributed by atoms with van der Waals surface area (Å²) in [6.07, 6.45) is -0.330. The van der Waals surface area contributed by atoms with Crippen molar-refractivity contribution in [1.29, 1.82) is 0 Å². The fraction of sp³-hybridized carbons (Fsp3) is 0.222. The first-order valence-corrected chi connectivity index (χ1v) is 7.81. The van der Waals surface area contributed by atoms with Crippen LogP contribution in [0.1, 0.15) is 34.8 Å². The fourth-order valence-electron chi connectivity index (χ4n) is 3.21. The number of rotatable bonds is 2. The van der Waals surface area contributed by atoms with Crippen LogP contribution in [-0.4, -0.2) is 15.5 Å². The number of carbonyl (C=O) groups is 1. The molecule has 23 heavy (non-hydrogen) atoms. The number of aryl methyl sites for hydroxylation is 2. The maximum atomic E-state index is 12.4. The van der Waals surface area contributed by atoms with Crippen LogP contribution in [0.2, 0.25) is 0 Å². The third-order valence-electron chi connectivity index (χ3n) is 4.34. The largest absolute Gasteiger partial charge is 0.358 e. The second kappa shape index (κ2) is 5.12. The van der Waals surface area contributed by atoms with Gasteiger partial charge in [-0.05, 0) is 37.6 Å². The number of amides is 1. The van der Waals surface area contributed by atoms with Crippen molar-refractivity contribution in [2.75, 3.05) is 5.32 Å². The van der Waals surface area contributed by atoms with Crippen molar-refractivity contribution in [3.8, 4) is 0 Å². The zero-order valence-corrected chi connectivity index (χ0v) is 13.1. The van der Waals surface area contributed by atoms with Crippen LogP contribution >= 0.6 is 0 Å². The molecule has 5 heteroatoms. The standard InChI is InChI=1S/C18H18N4O/c1-3-22-14-10-5-4-9-13(14)19-17(22)16-20-15-11(2)7-6-8-12(15)18(23)21-16/h4-10,16,20H,3H2,1-2H3,(H,21,23). The van der Waals surface area contributed by atoms with Gasteiger partial charge < -0.3 is 15.2 Å². The minimum Gasteiger partial charge on any atom is -0.358 e. The summed E-state index contributed by atoms with van der Waals surface area (Å²) in [7, 11) is 0. The van der Waals surface area contributed by atoms with Gasteiger partial charge in [0.05, 0.1) is 22.3 Å². The molecule has 1 aliphatic rings. The molecule has 4 rings (SSSR count). The van der Waals surface area contributed by atoms with E-state index < -0.39 is 0 Å². The molecular formula is C18H18N4O. The van der Waals surface area contributed by atoms with E-state index in [4.69, 9.17) is 4.98 Å². The highest BCUT2D eigenvalue weighted by atomic mass is 16.2. The number of aromatic nitrogens is 2. The van der Waals surface area contributed by atoms with E-state index >= 15 is 0 Å². The highest BCUT2D eigenvalue weighted by Gasteiger charge is 2.29. The normalized spacial score (nSPS) is 16.8. The lowest BCUT2D eigenvalue weighted by atomic mass is 10.0. The number of imidazole rings is 1. The van der Waals surface area contributed by atoms with Gasteiger partial charge in [-0.25, -0.2) is 4.98 Å². The van der Waals surface area contributed by atoms with E-state index in [1.807, 2.05) is 43.3 Å². The molecule has 0 spiro atoms. The van der Waals surface area contributed by atoms with Crippen molar-refractivity contribution in [2.24, 2.45) is 0 Å². The van der Waals surface area contributed by atoms with E-state index in [9.17, 15) is 4.79 Å². The summed E-state index contributed by atoms with van der Waals surface area (Å²) in [5.41, 5.74) is 4.64. The SMILES string of the molecule is CCn1c(C2NC(=O)c3cccc(C)c3N2)nc2ccccc21. The zero-order chi connectivity index (χ0) is 16.0. The number of anilines is 1. The van der Waals surface area contributed by atoms with Gasteiger partial charge in [0, 0.05) is 6.54 Å². The average Bonchev–Trinajstić information content (AvgIpc) is 2.94. The Bertz CT molecular complexity index is 913. The lowest BCUT2D eigenvalue weighted by Crippen LogP contribution is -2.40. The van der Waals surface area contributed by atoms with Crippen molar-refractivity contribution in [1.82, 2.24) is 14.9 Å². The van der Waals surface area contributed by atoms with Gasteiger partial charge in [-0.1, -0.05) is 24.3 Å². The number of carbonyl (C=O) groups excluding carboxylic acids is 1. The summed E-state index contributed by atoms with van der Waals surface area (Å²) < 4.78 is 2.14. The number of hydrogen-bond donors (Lipinski definition) is 2. The molecule has 1 amide bonds. The van der Waals surface area contributed by atoms with Gasteiger partial charge in [-0.3, -0.25) is 4.79 Å². The van der Waals surface area contributed by atoms with Crippen LogP contribution in [0, 0.1) is 6.92 Å². The molecule has 2 N–H and O–H groups in total. The van der Waals surface area contributed by atoms with E-state index in [-0.39, 0.29) is 12.1 Å². The Morgan fingerprint density at radius 1 is 1.13 bits per heavy atom. The van der Waals surface area contributed by atoms with Crippen molar-refractivity contribution in [3.63, 3.8) is 0 Å². The highest BCUT2D eigenvalue weighted by molar-refractivity contribution is 6.02. The maximum Gasteiger partial charge on any atom is 0.255 e. The van der Waals surface area contributed by atoms with E-state index in [1.165, 1.54) is 0 Å². The van der Waals surface area contributed by atoms with E-state index in [1.54, 1.807) is 0 Å². The van der Waals surface area contributed by atoms with Gasteiger partial charge >= 0.3 is 0 Å². The second-order valence-electron chi connectivity index (χ2n) is 5.75. The maximum absolute atomic E-state index is 12.4. The molecule has 0 radical (unpaired) electrons. The Kier molecular flexibility index (Phi) is 3.08. The Morgan fingerprint density at radius 3 is 2.78 bits per heavy atom. The van der Waals surface area contributed by atoms with E-state index in [2.05, 4.69) is 28.2 Å². The molecule has 0 saturated carbocycles. The number of nitrogens with one attached hydrogen (secondary N) is 2. The van der Waals surface area contributed by atoms with Gasteiger partial charge in [0.1, 0.15) is 0 Å². The van der Waals surface area contributed by atoms with Gasteiger partial charge in [0.2, 0.25) is 0 Å². The van der Waals surface area contributed by atoms with Crippen molar-refractivity contribution >= 4 is 22.6 Å². The quantitative estimate of drug-likeness (QED) is 0.764. The van der Waals surface area contributed by atoms with Crippen molar-refractivity contribution < 1.29 is 4.79 Å². The van der Waals surface area contributed by atoms with Gasteiger partial charge in [0.25, 0.3) is 5.91 Å². The molecule has 0 fully saturated rings. The number of para-hydroxylation sites is 3. The van der Waals surface area contributed by atoms with E-state index in [0.717, 1.165) is 34.7 Å². The van der Waals surface area contributed by atoms with Crippen LogP contribution in [-0.2, 0) is 6.54 Å². The van der Waals surface area contributed by atoms with Gasteiger partial charge in [-0.2, -0.15) is 0 Å². The number of hydrogen-bond acceptors (Lipinski definition) is 3. The minimum absolute atomic E-state index is 0.0674. The molecule has 1 aliphatic heterocycles. The Balaban J connectivity index is 1.84. The molecule has 1 unspecified atom stereocenters. The molecule has 2 aromatic carbocycles. The molecule has 3 aromatic rings. The summed E-state index contributed by atoms with van der Waals surface area (Å²) in [5.74, 6) is 0.762. The fourth-order valence-corrected chi connectivity index (χ4v) is 3.21. The average molecular weight is 306 g/mol. The highest BCUT2D eigenvalue weighted by Crippen LogP contribution is 2.30. The minimum atomic E-state index is -0.330. The predicted octanol–water partition coefficient (Wildman–Crippen LogP) is 3.22. The Labute approximate surface area is 134 Å². The second-order valence-corrected chi connectivity index (χ2v) is 5.75. The number of benzene rings is 2. The summed E-state index contributed by atoms with van der Waals surface area (Å²) in [5, 5.41) is 6.45. The van der Waals surface area contributed by atoms with E-state index in [0.29, 0.717) is 5.56 Å². The Morgan fingerprint density at radius 2 is 1.96 bits per heavy atom. The van der Waals surface area contributed by atoms with Crippen molar-refractivity contribution in [3.05, 3.63) is 59.4 Å². The number of nitrogens with zero attached hydrogens (tertiary/aromatic N) is 2. The van der Waals surface area contributed by atoms with Crippen LogP contribution in [0.3, 0.4) is 0 Å². The molecule has 0 aliphatic carbocycles. The van der Waals surface area contributed by atoms with Gasteiger partial charge in [0.15, 0.2) is 12.0 Å². The topological polar surface area (TPSA) is 59.0 Å². The third-order valence-corrected chi connectivity index (χ3v) is 4.34. The molecule has 5 nitrogen and oxygen atoms in total. The van der Waals surface area contributed by atoms with Crippen LogP contribution in [0.15, 0.2) is 42.5 Å². The first-order valence-electron chi connectivity index (χ1n) is 7.81.